The van der Waals surface area contributed by atoms with E-state index >= 15 is 0 Å². The van der Waals surface area contributed by atoms with Gasteiger partial charge >= 0.3 is 0 Å². The highest BCUT2D eigenvalue weighted by atomic mass is 19.1. The van der Waals surface area contributed by atoms with Crippen molar-refractivity contribution in [1.82, 2.24) is 0 Å². The molecule has 1 aromatic rings. The van der Waals surface area contributed by atoms with Crippen LogP contribution in [0.25, 0.3) is 0 Å². The van der Waals surface area contributed by atoms with Gasteiger partial charge in [0.15, 0.2) is 0 Å². The second kappa shape index (κ2) is 2.75. The average molecular weight is 197 g/mol. The Morgan fingerprint density at radius 1 is 1.64 bits per heavy atom. The molecule has 1 atom stereocenters. The van der Waals surface area contributed by atoms with Crippen LogP contribution >= 0.6 is 0 Å². The molecule has 0 aromatic heterocycles. The van der Waals surface area contributed by atoms with Crippen LogP contribution in [0.4, 0.5) is 10.1 Å². The number of rotatable bonds is 2. The molecule has 1 heterocycles. The lowest BCUT2D eigenvalue weighted by Gasteiger charge is -2.05. The number of benzene rings is 1. The molecule has 0 saturated carbocycles. The minimum absolute atomic E-state index is 0.0913. The Kier molecular flexibility index (Phi) is 1.78. The Hall–Kier alpha value is -1.49. The van der Waals surface area contributed by atoms with E-state index in [1.807, 2.05) is 0 Å². The summed E-state index contributed by atoms with van der Waals surface area (Å²) < 4.78 is 17.9. The van der Waals surface area contributed by atoms with Crippen LogP contribution < -0.4 is 0 Å². The van der Waals surface area contributed by atoms with Gasteiger partial charge in [-0.15, -0.1) is 0 Å². The topological polar surface area (TPSA) is 55.7 Å². The van der Waals surface area contributed by atoms with Crippen LogP contribution in [0.5, 0.6) is 0 Å². The molecule has 1 unspecified atom stereocenters. The Bertz CT molecular complexity index is 401. The zero-order chi connectivity index (χ0) is 10.3. The fourth-order valence-corrected chi connectivity index (χ4v) is 1.35. The summed E-state index contributed by atoms with van der Waals surface area (Å²) in [7, 11) is 0. The summed E-state index contributed by atoms with van der Waals surface area (Å²) in [5, 5.41) is 10.6. The quantitative estimate of drug-likeness (QED) is 0.413. The van der Waals surface area contributed by atoms with E-state index in [1.165, 1.54) is 0 Å². The largest absolute Gasteiger partial charge is 0.365 e. The molecule has 1 fully saturated rings. The lowest BCUT2D eigenvalue weighted by Crippen LogP contribution is -2.07. The fourth-order valence-electron chi connectivity index (χ4n) is 1.35. The number of nitrogens with zero attached hydrogens (tertiary/aromatic N) is 1. The number of nitro benzene ring substituents is 1. The Balaban J connectivity index is 2.54. The number of epoxide rings is 1. The summed E-state index contributed by atoms with van der Waals surface area (Å²) in [6.07, 6.45) is 0. The maximum absolute atomic E-state index is 12.9. The lowest BCUT2D eigenvalue weighted by atomic mass is 10.00. The molecule has 2 rings (SSSR count). The zero-order valence-corrected chi connectivity index (χ0v) is 7.49. The zero-order valence-electron chi connectivity index (χ0n) is 7.49. The van der Waals surface area contributed by atoms with E-state index in [2.05, 4.69) is 0 Å². The fraction of sp³-hybridized carbons (Fsp3) is 0.333. The summed E-state index contributed by atoms with van der Waals surface area (Å²) >= 11 is 0. The summed E-state index contributed by atoms with van der Waals surface area (Å²) in [5.41, 5.74) is -0.460. The standard InChI is InChI=1S/C9H8FNO3/c1-9(5-14-9)7-4-6(10)2-3-8(7)11(12)13/h2-4H,5H2,1H3. The van der Waals surface area contributed by atoms with Crippen molar-refractivity contribution in [2.75, 3.05) is 6.61 Å². The van der Waals surface area contributed by atoms with E-state index in [1.54, 1.807) is 6.92 Å². The minimum Gasteiger partial charge on any atom is -0.365 e. The van der Waals surface area contributed by atoms with Crippen LogP contribution in [0.3, 0.4) is 0 Å². The van der Waals surface area contributed by atoms with Crippen LogP contribution in [-0.2, 0) is 10.3 Å². The number of hydrogen-bond donors (Lipinski definition) is 0. The van der Waals surface area contributed by atoms with Gasteiger partial charge in [-0.25, -0.2) is 4.39 Å². The molecule has 4 nitrogen and oxygen atoms in total. The van der Waals surface area contributed by atoms with Crippen LogP contribution in [0.2, 0.25) is 0 Å². The van der Waals surface area contributed by atoms with E-state index in [4.69, 9.17) is 4.74 Å². The van der Waals surface area contributed by atoms with E-state index in [0.29, 0.717) is 12.2 Å². The van der Waals surface area contributed by atoms with Crippen molar-refractivity contribution >= 4 is 5.69 Å². The van der Waals surface area contributed by atoms with Crippen molar-refractivity contribution in [2.24, 2.45) is 0 Å². The molecule has 0 aliphatic carbocycles. The highest BCUT2D eigenvalue weighted by Crippen LogP contribution is 2.42. The molecule has 0 bridgehead atoms. The molecule has 1 aliphatic heterocycles. The second-order valence-electron chi connectivity index (χ2n) is 3.44. The molecule has 5 heteroatoms. The van der Waals surface area contributed by atoms with Gasteiger partial charge in [0.1, 0.15) is 11.4 Å². The summed E-state index contributed by atoms with van der Waals surface area (Å²) in [6.45, 7) is 2.10. The lowest BCUT2D eigenvalue weighted by molar-refractivity contribution is -0.386. The van der Waals surface area contributed by atoms with Crippen molar-refractivity contribution in [1.29, 1.82) is 0 Å². The van der Waals surface area contributed by atoms with E-state index in [-0.39, 0.29) is 5.69 Å². The van der Waals surface area contributed by atoms with Gasteiger partial charge in [-0.2, -0.15) is 0 Å². The van der Waals surface area contributed by atoms with E-state index in [0.717, 1.165) is 18.2 Å². The van der Waals surface area contributed by atoms with Crippen molar-refractivity contribution in [3.05, 3.63) is 39.7 Å². The molecule has 0 spiro atoms. The molecule has 1 saturated heterocycles. The molecule has 14 heavy (non-hydrogen) atoms. The molecule has 0 amide bonds. The van der Waals surface area contributed by atoms with Crippen LogP contribution in [0.1, 0.15) is 12.5 Å². The van der Waals surface area contributed by atoms with Crippen molar-refractivity contribution in [2.45, 2.75) is 12.5 Å². The third-order valence-electron chi connectivity index (χ3n) is 2.30. The maximum atomic E-state index is 12.9. The molecule has 74 valence electrons. The first-order valence-corrected chi connectivity index (χ1v) is 4.11. The Labute approximate surface area is 79.5 Å². The smallest absolute Gasteiger partial charge is 0.275 e. The monoisotopic (exact) mass is 197 g/mol. The first kappa shape index (κ1) is 9.08. The first-order chi connectivity index (χ1) is 6.53. The predicted molar refractivity (Wildman–Crippen MR) is 46.4 cm³/mol. The number of halogens is 1. The molecule has 0 N–H and O–H groups in total. The number of nitro groups is 1. The Morgan fingerprint density at radius 3 is 2.79 bits per heavy atom. The number of hydrogen-bond acceptors (Lipinski definition) is 3. The van der Waals surface area contributed by atoms with Gasteiger partial charge in [0.05, 0.1) is 17.1 Å². The molecular formula is C9H8FNO3. The summed E-state index contributed by atoms with van der Waals surface area (Å²) in [5.74, 6) is -0.484. The highest BCUT2D eigenvalue weighted by molar-refractivity contribution is 5.45. The third-order valence-corrected chi connectivity index (χ3v) is 2.30. The van der Waals surface area contributed by atoms with Crippen LogP contribution in [0, 0.1) is 15.9 Å². The predicted octanol–water partition coefficient (Wildman–Crippen LogP) is 1.98. The molecular weight excluding hydrogens is 189 g/mol. The molecule has 0 radical (unpaired) electrons. The summed E-state index contributed by atoms with van der Waals surface area (Å²) in [4.78, 5) is 10.1. The van der Waals surface area contributed by atoms with Crippen LogP contribution in [0.15, 0.2) is 18.2 Å². The van der Waals surface area contributed by atoms with Crippen molar-refractivity contribution < 1.29 is 14.1 Å². The normalized spacial score (nSPS) is 24.7. The van der Waals surface area contributed by atoms with Gasteiger partial charge < -0.3 is 4.74 Å². The number of ether oxygens (including phenoxy) is 1. The van der Waals surface area contributed by atoms with Gasteiger partial charge in [0.25, 0.3) is 5.69 Å². The van der Waals surface area contributed by atoms with Crippen LogP contribution in [-0.4, -0.2) is 11.5 Å². The molecule has 1 aliphatic rings. The van der Waals surface area contributed by atoms with E-state index in [9.17, 15) is 14.5 Å². The van der Waals surface area contributed by atoms with Gasteiger partial charge in [-0.3, -0.25) is 10.1 Å². The summed E-state index contributed by atoms with van der Waals surface area (Å²) in [6, 6.07) is 3.40. The maximum Gasteiger partial charge on any atom is 0.275 e. The minimum atomic E-state index is -0.676. The second-order valence-corrected chi connectivity index (χ2v) is 3.44. The van der Waals surface area contributed by atoms with E-state index < -0.39 is 16.3 Å². The first-order valence-electron chi connectivity index (χ1n) is 4.11. The average Bonchev–Trinajstić information content (AvgIpc) is 2.84. The Morgan fingerprint density at radius 2 is 2.29 bits per heavy atom. The van der Waals surface area contributed by atoms with Crippen molar-refractivity contribution in [3.8, 4) is 0 Å². The van der Waals surface area contributed by atoms with Gasteiger partial charge in [-0.05, 0) is 19.1 Å². The SMILES string of the molecule is CC1(c2cc(F)ccc2[N+](=O)[O-])CO1. The van der Waals surface area contributed by atoms with Gasteiger partial charge in [0, 0.05) is 6.07 Å². The van der Waals surface area contributed by atoms with Crippen molar-refractivity contribution in [3.63, 3.8) is 0 Å². The van der Waals surface area contributed by atoms with Gasteiger partial charge in [-0.1, -0.05) is 0 Å². The molecule has 1 aromatic carbocycles. The third kappa shape index (κ3) is 1.35. The van der Waals surface area contributed by atoms with Gasteiger partial charge in [0.2, 0.25) is 0 Å². The highest BCUT2D eigenvalue weighted by Gasteiger charge is 2.45.